The maximum Gasteiger partial charge on any atom is 0.243 e. The molecule has 0 radical (unpaired) electrons. The Balaban J connectivity index is 1.44. The number of nitrogens with one attached hydrogen (secondary N) is 2. The summed E-state index contributed by atoms with van der Waals surface area (Å²) in [4.78, 5) is 25.4. The third-order valence-corrected chi connectivity index (χ3v) is 6.19. The van der Waals surface area contributed by atoms with Gasteiger partial charge in [-0.05, 0) is 61.0 Å². The van der Waals surface area contributed by atoms with E-state index in [4.69, 9.17) is 15.7 Å². The summed E-state index contributed by atoms with van der Waals surface area (Å²) in [6.07, 6.45) is 3.79. The number of rotatable bonds is 10. The normalized spacial score (nSPS) is 10.9. The molecule has 3 heterocycles. The molecule has 0 unspecified atom stereocenters. The summed E-state index contributed by atoms with van der Waals surface area (Å²) in [5, 5.41) is 6.19. The van der Waals surface area contributed by atoms with E-state index in [0.29, 0.717) is 18.2 Å². The fourth-order valence-corrected chi connectivity index (χ4v) is 4.25. The molecule has 0 aliphatic rings. The SMILES string of the molecule is C=CC(=O)NCCCNCc1ccc(-n2c(-c3cccnc3N)nc3ccc(-c4ccccc4)nc32)cc1. The number of hydrogen-bond acceptors (Lipinski definition) is 6. The molecule has 0 spiro atoms. The number of carbonyl (C=O) groups is 1. The molecule has 0 bridgehead atoms. The predicted molar refractivity (Wildman–Crippen MR) is 151 cm³/mol. The second kappa shape index (κ2) is 11.5. The topological polar surface area (TPSA) is 111 Å². The highest BCUT2D eigenvalue weighted by Crippen LogP contribution is 2.31. The van der Waals surface area contributed by atoms with Gasteiger partial charge in [0.15, 0.2) is 11.5 Å². The van der Waals surface area contributed by atoms with Gasteiger partial charge in [0.2, 0.25) is 5.91 Å². The van der Waals surface area contributed by atoms with Crippen molar-refractivity contribution in [3.05, 3.63) is 103 Å². The van der Waals surface area contributed by atoms with Crippen LogP contribution in [-0.2, 0) is 11.3 Å². The lowest BCUT2D eigenvalue weighted by atomic mass is 10.1. The molecule has 0 saturated carbocycles. The third kappa shape index (κ3) is 5.45. The number of nitrogen functional groups attached to an aromatic ring is 1. The lowest BCUT2D eigenvalue weighted by Crippen LogP contribution is -2.25. The Labute approximate surface area is 221 Å². The van der Waals surface area contributed by atoms with Crippen molar-refractivity contribution < 1.29 is 4.79 Å². The van der Waals surface area contributed by atoms with Gasteiger partial charge in [0.1, 0.15) is 11.3 Å². The average Bonchev–Trinajstić information content (AvgIpc) is 3.34. The fourth-order valence-electron chi connectivity index (χ4n) is 4.25. The van der Waals surface area contributed by atoms with Crippen molar-refractivity contribution in [2.75, 3.05) is 18.8 Å². The number of anilines is 1. The van der Waals surface area contributed by atoms with Crippen LogP contribution in [0.3, 0.4) is 0 Å². The molecule has 38 heavy (non-hydrogen) atoms. The van der Waals surface area contributed by atoms with E-state index in [1.165, 1.54) is 6.08 Å². The van der Waals surface area contributed by atoms with Gasteiger partial charge in [-0.25, -0.2) is 15.0 Å². The Morgan fingerprint density at radius 3 is 2.53 bits per heavy atom. The number of fused-ring (bicyclic) bond motifs is 1. The molecule has 0 fully saturated rings. The minimum Gasteiger partial charge on any atom is -0.383 e. The predicted octanol–water partition coefficient (Wildman–Crippen LogP) is 4.51. The lowest BCUT2D eigenvalue weighted by Gasteiger charge is -2.12. The zero-order chi connectivity index (χ0) is 26.3. The summed E-state index contributed by atoms with van der Waals surface area (Å²) in [5.41, 5.74) is 12.5. The van der Waals surface area contributed by atoms with Crippen LogP contribution < -0.4 is 16.4 Å². The van der Waals surface area contributed by atoms with Crippen LogP contribution in [0, 0.1) is 0 Å². The van der Waals surface area contributed by atoms with Gasteiger partial charge in [0.05, 0.1) is 11.3 Å². The number of nitrogens with two attached hydrogens (primary N) is 1. The molecule has 0 saturated heterocycles. The lowest BCUT2D eigenvalue weighted by molar-refractivity contribution is -0.116. The van der Waals surface area contributed by atoms with Crippen LogP contribution >= 0.6 is 0 Å². The van der Waals surface area contributed by atoms with E-state index in [0.717, 1.165) is 58.7 Å². The zero-order valence-electron chi connectivity index (χ0n) is 21.0. The van der Waals surface area contributed by atoms with Crippen molar-refractivity contribution in [1.82, 2.24) is 30.2 Å². The summed E-state index contributed by atoms with van der Waals surface area (Å²) in [6, 6.07) is 26.2. The van der Waals surface area contributed by atoms with Crippen molar-refractivity contribution in [3.8, 4) is 28.3 Å². The number of aromatic nitrogens is 4. The maximum atomic E-state index is 11.2. The number of amides is 1. The molecular weight excluding hydrogens is 474 g/mol. The van der Waals surface area contributed by atoms with E-state index in [2.05, 4.69) is 46.5 Å². The smallest absolute Gasteiger partial charge is 0.243 e. The largest absolute Gasteiger partial charge is 0.383 e. The minimum atomic E-state index is -0.148. The van der Waals surface area contributed by atoms with Gasteiger partial charge in [-0.15, -0.1) is 0 Å². The Hall–Kier alpha value is -4.82. The van der Waals surface area contributed by atoms with E-state index in [1.54, 1.807) is 6.20 Å². The highest BCUT2D eigenvalue weighted by atomic mass is 16.1. The van der Waals surface area contributed by atoms with Crippen LogP contribution in [0.1, 0.15) is 12.0 Å². The number of hydrogen-bond donors (Lipinski definition) is 3. The Morgan fingerprint density at radius 2 is 1.76 bits per heavy atom. The Bertz CT molecular complexity index is 1560. The number of nitrogens with zero attached hydrogens (tertiary/aromatic N) is 4. The molecule has 8 nitrogen and oxygen atoms in total. The van der Waals surface area contributed by atoms with E-state index in [1.807, 2.05) is 59.2 Å². The van der Waals surface area contributed by atoms with Crippen LogP contribution in [0.15, 0.2) is 97.7 Å². The van der Waals surface area contributed by atoms with Gasteiger partial charge >= 0.3 is 0 Å². The molecule has 3 aromatic heterocycles. The molecule has 8 heteroatoms. The minimum absolute atomic E-state index is 0.148. The van der Waals surface area contributed by atoms with Crippen LogP contribution in [0.2, 0.25) is 0 Å². The van der Waals surface area contributed by atoms with Gasteiger partial charge in [-0.3, -0.25) is 9.36 Å². The van der Waals surface area contributed by atoms with Crippen molar-refractivity contribution in [2.45, 2.75) is 13.0 Å². The number of imidazole rings is 1. The first-order chi connectivity index (χ1) is 18.6. The van der Waals surface area contributed by atoms with Crippen molar-refractivity contribution in [1.29, 1.82) is 0 Å². The van der Waals surface area contributed by atoms with Crippen molar-refractivity contribution >= 4 is 22.9 Å². The zero-order valence-corrected chi connectivity index (χ0v) is 21.0. The molecule has 0 aliphatic carbocycles. The second-order valence-electron chi connectivity index (χ2n) is 8.80. The number of benzene rings is 2. The first kappa shape index (κ1) is 24.9. The molecular formula is C30H29N7O. The molecule has 0 aliphatic heterocycles. The molecule has 2 aromatic carbocycles. The Morgan fingerprint density at radius 1 is 0.947 bits per heavy atom. The Kier molecular flexibility index (Phi) is 7.52. The standard InChI is InChI=1S/C30H29N7O/c1-2-27(38)33-19-7-17-32-20-21-11-13-23(14-12-21)37-29(24-10-6-18-34-28(24)31)36-26-16-15-25(35-30(26)37)22-8-4-3-5-9-22/h2-6,8-16,18,32H,1,7,17,19-20H2,(H2,31,34)(H,33,38). The summed E-state index contributed by atoms with van der Waals surface area (Å²) < 4.78 is 2.04. The summed E-state index contributed by atoms with van der Waals surface area (Å²) in [5.74, 6) is 0.957. The van der Waals surface area contributed by atoms with E-state index in [9.17, 15) is 4.79 Å². The fraction of sp³-hybridized carbons (Fsp3) is 0.133. The van der Waals surface area contributed by atoms with Crippen LogP contribution in [0.5, 0.6) is 0 Å². The summed E-state index contributed by atoms with van der Waals surface area (Å²) in [7, 11) is 0. The van der Waals surface area contributed by atoms with Gasteiger partial charge in [-0.1, -0.05) is 49.0 Å². The van der Waals surface area contributed by atoms with Crippen molar-refractivity contribution in [3.63, 3.8) is 0 Å². The van der Waals surface area contributed by atoms with E-state index in [-0.39, 0.29) is 5.91 Å². The molecule has 1 amide bonds. The second-order valence-corrected chi connectivity index (χ2v) is 8.80. The third-order valence-electron chi connectivity index (χ3n) is 6.19. The molecule has 5 aromatic rings. The summed E-state index contributed by atoms with van der Waals surface area (Å²) in [6.45, 7) is 5.58. The highest BCUT2D eigenvalue weighted by Gasteiger charge is 2.18. The van der Waals surface area contributed by atoms with Crippen LogP contribution in [0.4, 0.5) is 5.82 Å². The van der Waals surface area contributed by atoms with Gasteiger partial charge < -0.3 is 16.4 Å². The van der Waals surface area contributed by atoms with Crippen LogP contribution in [-0.4, -0.2) is 38.5 Å². The molecule has 5 rings (SSSR count). The average molecular weight is 504 g/mol. The quantitative estimate of drug-likeness (QED) is 0.191. The maximum absolute atomic E-state index is 11.2. The van der Waals surface area contributed by atoms with E-state index >= 15 is 0 Å². The monoisotopic (exact) mass is 503 g/mol. The van der Waals surface area contributed by atoms with Crippen molar-refractivity contribution in [2.24, 2.45) is 0 Å². The number of carbonyl (C=O) groups excluding carboxylic acids is 1. The first-order valence-electron chi connectivity index (χ1n) is 12.5. The van der Waals surface area contributed by atoms with Gasteiger partial charge in [0.25, 0.3) is 0 Å². The number of pyridine rings is 2. The molecule has 4 N–H and O–H groups in total. The molecule has 0 atom stereocenters. The molecule has 190 valence electrons. The van der Waals surface area contributed by atoms with E-state index < -0.39 is 0 Å². The summed E-state index contributed by atoms with van der Waals surface area (Å²) >= 11 is 0. The van der Waals surface area contributed by atoms with Crippen LogP contribution in [0.25, 0.3) is 39.5 Å². The highest BCUT2D eigenvalue weighted by molar-refractivity contribution is 5.86. The van der Waals surface area contributed by atoms with Gasteiger partial charge in [0, 0.05) is 30.5 Å². The van der Waals surface area contributed by atoms with Gasteiger partial charge in [-0.2, -0.15) is 0 Å². The first-order valence-corrected chi connectivity index (χ1v) is 12.5.